The van der Waals surface area contributed by atoms with E-state index in [0.29, 0.717) is 17.6 Å². The quantitative estimate of drug-likeness (QED) is 0.830. The molecule has 0 amide bonds. The molecule has 1 saturated carbocycles. The number of anilines is 1. The zero-order valence-electron chi connectivity index (χ0n) is 11.6. The van der Waals surface area contributed by atoms with E-state index >= 15 is 0 Å². The van der Waals surface area contributed by atoms with E-state index in [1.165, 1.54) is 30.9 Å². The van der Waals surface area contributed by atoms with Gasteiger partial charge in [0.25, 0.3) is 0 Å². The van der Waals surface area contributed by atoms with E-state index in [9.17, 15) is 4.39 Å². The van der Waals surface area contributed by atoms with Gasteiger partial charge in [0.1, 0.15) is 5.82 Å². The molecule has 2 aromatic rings. The summed E-state index contributed by atoms with van der Waals surface area (Å²) in [7, 11) is 0. The van der Waals surface area contributed by atoms with Crippen LogP contribution in [0.25, 0.3) is 0 Å². The molecule has 0 heterocycles. The first-order valence-electron chi connectivity index (χ1n) is 7.40. The molecule has 1 nitrogen and oxygen atoms in total. The van der Waals surface area contributed by atoms with Gasteiger partial charge in [-0.05, 0) is 30.5 Å². The molecule has 2 atom stereocenters. The second kappa shape index (κ2) is 6.08. The normalized spacial score (nSPS) is 22.4. The van der Waals surface area contributed by atoms with E-state index in [4.69, 9.17) is 0 Å². The number of hydrogen-bond acceptors (Lipinski definition) is 1. The Morgan fingerprint density at radius 2 is 1.55 bits per heavy atom. The maximum absolute atomic E-state index is 13.8. The first-order valence-corrected chi connectivity index (χ1v) is 7.40. The van der Waals surface area contributed by atoms with Crippen LogP contribution in [0.3, 0.4) is 0 Å². The van der Waals surface area contributed by atoms with Crippen LogP contribution in [0.5, 0.6) is 0 Å². The molecule has 0 bridgehead atoms. The Hall–Kier alpha value is -1.83. The third-order valence-corrected chi connectivity index (χ3v) is 4.21. The zero-order valence-corrected chi connectivity index (χ0v) is 11.6. The van der Waals surface area contributed by atoms with Gasteiger partial charge in [0.05, 0.1) is 5.69 Å². The number of nitrogens with one attached hydrogen (secondary N) is 1. The molecule has 0 aromatic heterocycles. The highest BCUT2D eigenvalue weighted by Crippen LogP contribution is 2.35. The first-order chi connectivity index (χ1) is 9.84. The van der Waals surface area contributed by atoms with Crippen LogP contribution in [0.4, 0.5) is 10.1 Å². The fourth-order valence-corrected chi connectivity index (χ4v) is 3.18. The minimum Gasteiger partial charge on any atom is -0.379 e. The van der Waals surface area contributed by atoms with Crippen LogP contribution < -0.4 is 5.32 Å². The predicted octanol–water partition coefficient (Wildman–Crippen LogP) is 4.96. The van der Waals surface area contributed by atoms with Crippen molar-refractivity contribution < 1.29 is 4.39 Å². The van der Waals surface area contributed by atoms with Crippen LogP contribution >= 0.6 is 0 Å². The van der Waals surface area contributed by atoms with Crippen molar-refractivity contribution in [1.29, 1.82) is 0 Å². The molecule has 104 valence electrons. The monoisotopic (exact) mass is 269 g/mol. The van der Waals surface area contributed by atoms with Gasteiger partial charge in [-0.2, -0.15) is 0 Å². The number of halogens is 1. The molecule has 0 aliphatic heterocycles. The maximum Gasteiger partial charge on any atom is 0.146 e. The predicted molar refractivity (Wildman–Crippen MR) is 81.5 cm³/mol. The minimum absolute atomic E-state index is 0.162. The summed E-state index contributed by atoms with van der Waals surface area (Å²) in [5.41, 5.74) is 1.99. The molecular weight excluding hydrogens is 249 g/mol. The lowest BCUT2D eigenvalue weighted by Crippen LogP contribution is -2.31. The number of hydrogen-bond donors (Lipinski definition) is 1. The summed E-state index contributed by atoms with van der Waals surface area (Å²) in [6, 6.07) is 17.9. The molecule has 0 saturated heterocycles. The molecule has 1 aliphatic rings. The van der Waals surface area contributed by atoms with Crippen molar-refractivity contribution in [3.05, 3.63) is 66.0 Å². The lowest BCUT2D eigenvalue weighted by atomic mass is 9.80. The van der Waals surface area contributed by atoms with Gasteiger partial charge in [-0.3, -0.25) is 0 Å². The third kappa shape index (κ3) is 2.84. The smallest absolute Gasteiger partial charge is 0.146 e. The lowest BCUT2D eigenvalue weighted by molar-refractivity contribution is 0.404. The SMILES string of the molecule is Fc1ccccc1NC1CCCCC1c1ccccc1. The largest absolute Gasteiger partial charge is 0.379 e. The standard InChI is InChI=1S/C18H20FN/c19-16-11-5-7-13-18(16)20-17-12-6-4-10-15(17)14-8-2-1-3-9-14/h1-3,5,7-9,11,13,15,17,20H,4,6,10,12H2. The summed E-state index contributed by atoms with van der Waals surface area (Å²) in [6.07, 6.45) is 4.76. The minimum atomic E-state index is -0.162. The van der Waals surface area contributed by atoms with Crippen molar-refractivity contribution in [1.82, 2.24) is 0 Å². The summed E-state index contributed by atoms with van der Waals surface area (Å²) in [6.45, 7) is 0. The molecule has 2 unspecified atom stereocenters. The van der Waals surface area contributed by atoms with Crippen molar-refractivity contribution in [3.8, 4) is 0 Å². The van der Waals surface area contributed by atoms with E-state index in [0.717, 1.165) is 6.42 Å². The molecule has 2 aromatic carbocycles. The van der Waals surface area contributed by atoms with Gasteiger partial charge in [-0.25, -0.2) is 4.39 Å². The Morgan fingerprint density at radius 1 is 0.850 bits per heavy atom. The first kappa shape index (κ1) is 13.2. The van der Waals surface area contributed by atoms with Gasteiger partial charge < -0.3 is 5.32 Å². The molecule has 0 radical (unpaired) electrons. The van der Waals surface area contributed by atoms with E-state index in [2.05, 4.69) is 29.6 Å². The molecular formula is C18H20FN. The molecule has 3 rings (SSSR count). The van der Waals surface area contributed by atoms with E-state index < -0.39 is 0 Å². The number of benzene rings is 2. The summed E-state index contributed by atoms with van der Waals surface area (Å²) < 4.78 is 13.8. The van der Waals surface area contributed by atoms with Crippen LogP contribution in [-0.2, 0) is 0 Å². The third-order valence-electron chi connectivity index (χ3n) is 4.21. The number of rotatable bonds is 3. The molecule has 20 heavy (non-hydrogen) atoms. The molecule has 1 aliphatic carbocycles. The van der Waals surface area contributed by atoms with Gasteiger partial charge in [0.2, 0.25) is 0 Å². The number of para-hydroxylation sites is 1. The average molecular weight is 269 g/mol. The highest BCUT2D eigenvalue weighted by Gasteiger charge is 2.26. The van der Waals surface area contributed by atoms with Gasteiger partial charge >= 0.3 is 0 Å². The van der Waals surface area contributed by atoms with Gasteiger partial charge in [0.15, 0.2) is 0 Å². The molecule has 1 fully saturated rings. The van der Waals surface area contributed by atoms with E-state index in [-0.39, 0.29) is 5.82 Å². The zero-order chi connectivity index (χ0) is 13.8. The van der Waals surface area contributed by atoms with Crippen LogP contribution in [0.2, 0.25) is 0 Å². The highest BCUT2D eigenvalue weighted by molar-refractivity contribution is 5.46. The Balaban J connectivity index is 1.81. The van der Waals surface area contributed by atoms with E-state index in [1.807, 2.05) is 18.2 Å². The fourth-order valence-electron chi connectivity index (χ4n) is 3.18. The Bertz CT molecular complexity index is 552. The second-order valence-corrected chi connectivity index (χ2v) is 5.53. The Kier molecular flexibility index (Phi) is 4.00. The topological polar surface area (TPSA) is 12.0 Å². The Morgan fingerprint density at radius 3 is 2.35 bits per heavy atom. The van der Waals surface area contributed by atoms with Crippen LogP contribution in [0.15, 0.2) is 54.6 Å². The summed E-state index contributed by atoms with van der Waals surface area (Å²) in [4.78, 5) is 0. The van der Waals surface area contributed by atoms with Gasteiger partial charge in [-0.15, -0.1) is 0 Å². The summed E-state index contributed by atoms with van der Waals surface area (Å²) in [5, 5.41) is 3.42. The molecule has 1 N–H and O–H groups in total. The highest BCUT2D eigenvalue weighted by atomic mass is 19.1. The Labute approximate surface area is 119 Å². The average Bonchev–Trinajstić information content (AvgIpc) is 2.51. The second-order valence-electron chi connectivity index (χ2n) is 5.53. The molecule has 2 heteroatoms. The van der Waals surface area contributed by atoms with Gasteiger partial charge in [0, 0.05) is 12.0 Å². The summed E-state index contributed by atoms with van der Waals surface area (Å²) >= 11 is 0. The fraction of sp³-hybridized carbons (Fsp3) is 0.333. The van der Waals surface area contributed by atoms with Crippen molar-refractivity contribution in [3.63, 3.8) is 0 Å². The van der Waals surface area contributed by atoms with Crippen molar-refractivity contribution in [2.75, 3.05) is 5.32 Å². The van der Waals surface area contributed by atoms with Crippen LogP contribution in [0, 0.1) is 5.82 Å². The lowest BCUT2D eigenvalue weighted by Gasteiger charge is -2.33. The van der Waals surface area contributed by atoms with Crippen LogP contribution in [0.1, 0.15) is 37.2 Å². The molecule has 0 spiro atoms. The maximum atomic E-state index is 13.8. The van der Waals surface area contributed by atoms with Crippen molar-refractivity contribution in [2.45, 2.75) is 37.6 Å². The van der Waals surface area contributed by atoms with E-state index in [1.54, 1.807) is 6.07 Å². The van der Waals surface area contributed by atoms with Crippen LogP contribution in [-0.4, -0.2) is 6.04 Å². The van der Waals surface area contributed by atoms with Gasteiger partial charge in [-0.1, -0.05) is 55.3 Å². The summed E-state index contributed by atoms with van der Waals surface area (Å²) in [5.74, 6) is 0.314. The van der Waals surface area contributed by atoms with Crippen molar-refractivity contribution >= 4 is 5.69 Å². The van der Waals surface area contributed by atoms with Crippen molar-refractivity contribution in [2.24, 2.45) is 0 Å².